The molecular weight excluding hydrogens is 298 g/mol. The third-order valence-corrected chi connectivity index (χ3v) is 5.36. The second kappa shape index (κ2) is 5.78. The van der Waals surface area contributed by atoms with E-state index in [2.05, 4.69) is 91.5 Å². The van der Waals surface area contributed by atoms with Crippen LogP contribution in [0.4, 0.5) is 17.1 Å². The zero-order valence-corrected chi connectivity index (χ0v) is 14.2. The second-order valence-corrected chi connectivity index (χ2v) is 7.21. The van der Waals surface area contributed by atoms with Gasteiger partial charge in [-0.05, 0) is 47.9 Å². The molecule has 0 saturated heterocycles. The molecule has 23 heavy (non-hydrogen) atoms. The molecule has 4 rings (SSSR count). The van der Waals surface area contributed by atoms with Gasteiger partial charge in [0.2, 0.25) is 0 Å². The van der Waals surface area contributed by atoms with E-state index < -0.39 is 0 Å². The number of hydrogen-bond acceptors (Lipinski definition) is 2. The molecule has 1 heterocycles. The van der Waals surface area contributed by atoms with Crippen molar-refractivity contribution < 1.29 is 0 Å². The quantitative estimate of drug-likeness (QED) is 0.402. The van der Waals surface area contributed by atoms with Crippen LogP contribution in [0.5, 0.6) is 0 Å². The van der Waals surface area contributed by atoms with Crippen LogP contribution in [0.3, 0.4) is 0 Å². The molecule has 0 spiro atoms. The maximum atomic E-state index is 2.38. The lowest BCUT2D eigenvalue weighted by Gasteiger charge is -2.33. The van der Waals surface area contributed by atoms with Crippen molar-refractivity contribution in [2.24, 2.45) is 0 Å². The highest BCUT2D eigenvalue weighted by Gasteiger charge is 2.24. The molecule has 0 saturated carbocycles. The average Bonchev–Trinajstić information content (AvgIpc) is 2.59. The molecule has 3 aromatic rings. The molecule has 0 aromatic heterocycles. The summed E-state index contributed by atoms with van der Waals surface area (Å²) in [6.07, 6.45) is 0. The van der Waals surface area contributed by atoms with Crippen molar-refractivity contribution in [2.45, 2.75) is 29.6 Å². The molecule has 0 radical (unpaired) electrons. The van der Waals surface area contributed by atoms with Crippen molar-refractivity contribution in [1.82, 2.24) is 0 Å². The van der Waals surface area contributed by atoms with Gasteiger partial charge in [-0.1, -0.05) is 62.0 Å². The van der Waals surface area contributed by atoms with E-state index in [0.29, 0.717) is 5.92 Å². The van der Waals surface area contributed by atoms with Crippen LogP contribution in [-0.4, -0.2) is 0 Å². The molecule has 0 fully saturated rings. The fourth-order valence-electron chi connectivity index (χ4n) is 2.99. The maximum absolute atomic E-state index is 2.38. The van der Waals surface area contributed by atoms with E-state index in [1.807, 2.05) is 11.8 Å². The molecule has 1 aliphatic rings. The van der Waals surface area contributed by atoms with Crippen molar-refractivity contribution >= 4 is 28.8 Å². The Morgan fingerprint density at radius 1 is 0.739 bits per heavy atom. The predicted molar refractivity (Wildman–Crippen MR) is 99.3 cm³/mol. The number of fused-ring (bicyclic) bond motifs is 2. The van der Waals surface area contributed by atoms with Gasteiger partial charge in [0, 0.05) is 15.5 Å². The molecule has 2 heteroatoms. The van der Waals surface area contributed by atoms with Gasteiger partial charge in [0.05, 0.1) is 11.4 Å². The fraction of sp³-hybridized carbons (Fsp3) is 0.143. The highest BCUT2D eigenvalue weighted by Crippen LogP contribution is 2.51. The third kappa shape index (κ3) is 2.53. The van der Waals surface area contributed by atoms with Crippen molar-refractivity contribution in [3.63, 3.8) is 0 Å². The van der Waals surface area contributed by atoms with Crippen molar-refractivity contribution in [1.29, 1.82) is 0 Å². The lowest BCUT2D eigenvalue weighted by molar-refractivity contribution is 0.864. The first-order valence-electron chi connectivity index (χ1n) is 8.00. The lowest BCUT2D eigenvalue weighted by atomic mass is 10.0. The number of hydrogen-bond donors (Lipinski definition) is 0. The van der Waals surface area contributed by atoms with Gasteiger partial charge in [-0.25, -0.2) is 0 Å². The molecule has 114 valence electrons. The number of rotatable bonds is 2. The molecule has 0 N–H and O–H groups in total. The first kappa shape index (κ1) is 14.4. The number of nitrogens with zero attached hydrogens (tertiary/aromatic N) is 1. The molecular formula is C21H19NS. The summed E-state index contributed by atoms with van der Waals surface area (Å²) in [5.41, 5.74) is 5.13. The summed E-state index contributed by atoms with van der Waals surface area (Å²) >= 11 is 1.86. The van der Waals surface area contributed by atoms with Gasteiger partial charge in [-0.3, -0.25) is 0 Å². The van der Waals surface area contributed by atoms with Gasteiger partial charge in [-0.15, -0.1) is 0 Å². The zero-order chi connectivity index (χ0) is 15.8. The normalized spacial score (nSPS) is 12.9. The van der Waals surface area contributed by atoms with Gasteiger partial charge < -0.3 is 4.90 Å². The largest absolute Gasteiger partial charge is 0.308 e. The number of para-hydroxylation sites is 2. The Hall–Kier alpha value is -2.19. The molecule has 1 nitrogen and oxygen atoms in total. The molecule has 0 bridgehead atoms. The summed E-state index contributed by atoms with van der Waals surface area (Å²) in [5, 5.41) is 0. The maximum Gasteiger partial charge on any atom is 0.0604 e. The average molecular weight is 317 g/mol. The van der Waals surface area contributed by atoms with E-state index in [1.54, 1.807) is 0 Å². The molecule has 3 aromatic carbocycles. The second-order valence-electron chi connectivity index (χ2n) is 6.12. The van der Waals surface area contributed by atoms with Crippen molar-refractivity contribution in [3.8, 4) is 0 Å². The van der Waals surface area contributed by atoms with Gasteiger partial charge in [0.15, 0.2) is 0 Å². The van der Waals surface area contributed by atoms with E-state index in [1.165, 1.54) is 32.4 Å². The third-order valence-electron chi connectivity index (χ3n) is 4.23. The number of anilines is 3. The van der Waals surface area contributed by atoms with Crippen LogP contribution >= 0.6 is 11.8 Å². The molecule has 1 aliphatic heterocycles. The lowest BCUT2D eigenvalue weighted by Crippen LogP contribution is -2.15. The smallest absolute Gasteiger partial charge is 0.0604 e. The van der Waals surface area contributed by atoms with E-state index in [0.717, 1.165) is 0 Å². The minimum Gasteiger partial charge on any atom is -0.308 e. The standard InChI is InChI=1S/C21H19NS/c1-15(2)16-12-13-21-19(14-16)22(17-8-4-3-5-9-17)18-10-6-7-11-20(18)23-21/h3-15H,1-2H3. The first-order chi connectivity index (χ1) is 11.2. The van der Waals surface area contributed by atoms with Crippen LogP contribution in [0.2, 0.25) is 0 Å². The van der Waals surface area contributed by atoms with E-state index in [-0.39, 0.29) is 0 Å². The highest BCUT2D eigenvalue weighted by molar-refractivity contribution is 7.99. The monoisotopic (exact) mass is 317 g/mol. The summed E-state index contributed by atoms with van der Waals surface area (Å²) in [5.74, 6) is 0.528. The van der Waals surface area contributed by atoms with Crippen LogP contribution in [0.1, 0.15) is 25.3 Å². The Kier molecular flexibility index (Phi) is 3.62. The molecule has 0 unspecified atom stereocenters. The summed E-state index contributed by atoms with van der Waals surface area (Å²) in [7, 11) is 0. The summed E-state index contributed by atoms with van der Waals surface area (Å²) in [6, 6.07) is 26.1. The summed E-state index contributed by atoms with van der Waals surface area (Å²) < 4.78 is 0. The van der Waals surface area contributed by atoms with Gasteiger partial charge in [-0.2, -0.15) is 0 Å². The fourth-order valence-corrected chi connectivity index (χ4v) is 4.02. The van der Waals surface area contributed by atoms with Gasteiger partial charge >= 0.3 is 0 Å². The first-order valence-corrected chi connectivity index (χ1v) is 8.82. The van der Waals surface area contributed by atoms with Crippen molar-refractivity contribution in [3.05, 3.63) is 78.4 Å². The topological polar surface area (TPSA) is 3.24 Å². The molecule has 0 aliphatic carbocycles. The van der Waals surface area contributed by atoms with Crippen LogP contribution in [-0.2, 0) is 0 Å². The van der Waals surface area contributed by atoms with Crippen LogP contribution in [0.15, 0.2) is 82.6 Å². The van der Waals surface area contributed by atoms with E-state index >= 15 is 0 Å². The van der Waals surface area contributed by atoms with Crippen LogP contribution < -0.4 is 4.90 Å². The van der Waals surface area contributed by atoms with Crippen LogP contribution in [0, 0.1) is 0 Å². The van der Waals surface area contributed by atoms with Crippen LogP contribution in [0.25, 0.3) is 0 Å². The highest BCUT2D eigenvalue weighted by atomic mass is 32.2. The van der Waals surface area contributed by atoms with E-state index in [4.69, 9.17) is 0 Å². The Balaban J connectivity index is 1.95. The SMILES string of the molecule is CC(C)c1ccc2c(c1)N(c1ccccc1)c1ccccc1S2. The predicted octanol–water partition coefficient (Wildman–Crippen LogP) is 6.74. The van der Waals surface area contributed by atoms with Crippen molar-refractivity contribution in [2.75, 3.05) is 4.90 Å². The van der Waals surface area contributed by atoms with E-state index in [9.17, 15) is 0 Å². The Morgan fingerprint density at radius 3 is 2.22 bits per heavy atom. The minimum absolute atomic E-state index is 0.528. The zero-order valence-electron chi connectivity index (χ0n) is 13.4. The molecule has 0 atom stereocenters. The van der Waals surface area contributed by atoms with Gasteiger partial charge in [0.25, 0.3) is 0 Å². The summed E-state index contributed by atoms with van der Waals surface area (Å²) in [4.78, 5) is 5.01. The Morgan fingerprint density at radius 2 is 1.43 bits per heavy atom. The molecule has 0 amide bonds. The Bertz CT molecular complexity index is 839. The number of benzene rings is 3. The Labute approximate surface area is 142 Å². The van der Waals surface area contributed by atoms with Gasteiger partial charge in [0.1, 0.15) is 0 Å². The minimum atomic E-state index is 0.528. The summed E-state index contributed by atoms with van der Waals surface area (Å²) in [6.45, 7) is 4.50.